The van der Waals surface area contributed by atoms with Crippen LogP contribution in [0.3, 0.4) is 0 Å². The Kier molecular flexibility index (Phi) is 4.08. The Balaban J connectivity index is 1.60. The fraction of sp³-hybridized carbons (Fsp3) is 0.318. The van der Waals surface area contributed by atoms with Crippen molar-refractivity contribution in [3.63, 3.8) is 0 Å². The van der Waals surface area contributed by atoms with E-state index in [0.29, 0.717) is 24.4 Å². The number of aliphatic hydroxyl groups is 1. The molecule has 0 saturated heterocycles. The van der Waals surface area contributed by atoms with E-state index in [0.717, 1.165) is 22.4 Å². The molecule has 0 saturated carbocycles. The molecular formula is C22H22N4O4. The van der Waals surface area contributed by atoms with Gasteiger partial charge in [-0.15, -0.1) is 0 Å². The number of carbonyl (C=O) groups is 1. The summed E-state index contributed by atoms with van der Waals surface area (Å²) in [5, 5.41) is 11.2. The van der Waals surface area contributed by atoms with E-state index in [1.54, 1.807) is 32.0 Å². The molecule has 3 aromatic heterocycles. The van der Waals surface area contributed by atoms with E-state index < -0.39 is 11.6 Å². The maximum Gasteiger partial charge on any atom is 0.292 e. The number of amides is 1. The number of hydrogen-bond donors (Lipinski definition) is 2. The van der Waals surface area contributed by atoms with Gasteiger partial charge in [0.2, 0.25) is 11.7 Å². The smallest absolute Gasteiger partial charge is 0.292 e. The van der Waals surface area contributed by atoms with Crippen LogP contribution in [0.4, 0.5) is 0 Å². The highest BCUT2D eigenvalue weighted by Gasteiger charge is 2.39. The average Bonchev–Trinajstić information content (AvgIpc) is 3.43. The number of nitrogens with one attached hydrogen (secondary N) is 1. The van der Waals surface area contributed by atoms with Crippen molar-refractivity contribution in [3.8, 4) is 0 Å². The summed E-state index contributed by atoms with van der Waals surface area (Å²) >= 11 is 0. The predicted molar refractivity (Wildman–Crippen MR) is 108 cm³/mol. The molecule has 2 N–H and O–H groups in total. The van der Waals surface area contributed by atoms with Gasteiger partial charge in [-0.1, -0.05) is 18.2 Å². The second kappa shape index (κ2) is 6.56. The lowest BCUT2D eigenvalue weighted by Crippen LogP contribution is -2.40. The van der Waals surface area contributed by atoms with Gasteiger partial charge in [0.1, 0.15) is 23.0 Å². The summed E-state index contributed by atoms with van der Waals surface area (Å²) < 4.78 is 11.8. The van der Waals surface area contributed by atoms with Crippen LogP contribution in [0.2, 0.25) is 0 Å². The first-order chi connectivity index (χ1) is 14.3. The lowest BCUT2D eigenvalue weighted by molar-refractivity contribution is 0.0438. The lowest BCUT2D eigenvalue weighted by atomic mass is 9.99. The van der Waals surface area contributed by atoms with Crippen molar-refractivity contribution < 1.29 is 18.7 Å². The number of para-hydroxylation sites is 1. The number of rotatable bonds is 3. The number of furan rings is 1. The van der Waals surface area contributed by atoms with Crippen molar-refractivity contribution in [2.24, 2.45) is 0 Å². The summed E-state index contributed by atoms with van der Waals surface area (Å²) in [6.07, 6.45) is 2.28. The fourth-order valence-corrected chi connectivity index (χ4v) is 3.91. The molecule has 4 heterocycles. The number of H-pyrrole nitrogens is 1. The second-order valence-electron chi connectivity index (χ2n) is 8.10. The molecule has 4 aromatic rings. The quantitative estimate of drug-likeness (QED) is 0.539. The van der Waals surface area contributed by atoms with Crippen molar-refractivity contribution in [2.75, 3.05) is 6.54 Å². The number of carbonyl (C=O) groups excluding carboxylic acids is 1. The highest BCUT2D eigenvalue weighted by molar-refractivity contribution is 5.93. The molecule has 30 heavy (non-hydrogen) atoms. The summed E-state index contributed by atoms with van der Waals surface area (Å²) in [5.74, 6) is 0.556. The normalized spacial score (nSPS) is 16.8. The highest BCUT2D eigenvalue weighted by atomic mass is 16.4. The number of benzene rings is 1. The number of nitrogens with zero attached hydrogens (tertiary/aromatic N) is 3. The maximum atomic E-state index is 13.5. The Morgan fingerprint density at radius 1 is 1.30 bits per heavy atom. The van der Waals surface area contributed by atoms with Gasteiger partial charge in [-0.2, -0.15) is 0 Å². The minimum atomic E-state index is -1.28. The van der Waals surface area contributed by atoms with Gasteiger partial charge in [0.25, 0.3) is 5.91 Å². The molecule has 1 aliphatic rings. The van der Waals surface area contributed by atoms with Crippen LogP contribution in [0, 0.1) is 6.92 Å². The summed E-state index contributed by atoms with van der Waals surface area (Å²) in [6.45, 7) is 5.31. The van der Waals surface area contributed by atoms with Gasteiger partial charge in [0.05, 0.1) is 17.7 Å². The number of fused-ring (bicyclic) bond motifs is 2. The van der Waals surface area contributed by atoms with Crippen molar-refractivity contribution in [1.29, 1.82) is 0 Å². The Morgan fingerprint density at radius 3 is 2.83 bits per heavy atom. The minimum Gasteiger partial charge on any atom is -0.458 e. The topological polar surface area (TPSA) is 108 Å². The molecule has 0 fully saturated rings. The van der Waals surface area contributed by atoms with E-state index in [1.807, 2.05) is 30.3 Å². The van der Waals surface area contributed by atoms with Crippen LogP contribution in [-0.4, -0.2) is 37.4 Å². The van der Waals surface area contributed by atoms with Crippen LogP contribution in [-0.2, 0) is 12.0 Å². The number of oxazole rings is 1. The molecule has 0 spiro atoms. The molecule has 1 aliphatic heterocycles. The van der Waals surface area contributed by atoms with Gasteiger partial charge >= 0.3 is 0 Å². The van der Waals surface area contributed by atoms with Crippen LogP contribution in [0.1, 0.15) is 59.2 Å². The van der Waals surface area contributed by atoms with E-state index in [1.165, 1.54) is 0 Å². The fourth-order valence-electron chi connectivity index (χ4n) is 3.91. The van der Waals surface area contributed by atoms with Gasteiger partial charge in [-0.05, 0) is 32.9 Å². The van der Waals surface area contributed by atoms with Gasteiger partial charge < -0.3 is 23.8 Å². The van der Waals surface area contributed by atoms with Crippen molar-refractivity contribution in [1.82, 2.24) is 19.9 Å². The lowest BCUT2D eigenvalue weighted by Gasteiger charge is -2.33. The number of aryl methyl sites for hydroxylation is 1. The van der Waals surface area contributed by atoms with Crippen LogP contribution in [0.25, 0.3) is 11.0 Å². The third kappa shape index (κ3) is 2.91. The predicted octanol–water partition coefficient (Wildman–Crippen LogP) is 3.47. The first kappa shape index (κ1) is 18.6. The Morgan fingerprint density at radius 2 is 2.10 bits per heavy atom. The first-order valence-corrected chi connectivity index (χ1v) is 9.85. The molecule has 154 valence electrons. The van der Waals surface area contributed by atoms with Gasteiger partial charge in [-0.25, -0.2) is 9.97 Å². The van der Waals surface area contributed by atoms with Crippen LogP contribution in [0.5, 0.6) is 0 Å². The molecule has 1 atom stereocenters. The molecule has 1 aromatic carbocycles. The van der Waals surface area contributed by atoms with Gasteiger partial charge in [0.15, 0.2) is 0 Å². The van der Waals surface area contributed by atoms with Gasteiger partial charge in [0, 0.05) is 24.0 Å². The number of imidazole rings is 1. The SMILES string of the molecule is Cc1nc(C(C)(C)O)oc1C(=O)N1CCc2[nH]cnc2[C@H]1c1cc2ccccc2o1. The zero-order chi connectivity index (χ0) is 21.0. The van der Waals surface area contributed by atoms with Crippen molar-refractivity contribution >= 4 is 16.9 Å². The number of aromatic amines is 1. The summed E-state index contributed by atoms with van der Waals surface area (Å²) in [5.41, 5.74) is 1.65. The van der Waals surface area contributed by atoms with E-state index in [9.17, 15) is 9.90 Å². The van der Waals surface area contributed by atoms with E-state index in [-0.39, 0.29) is 17.6 Å². The molecule has 8 nitrogen and oxygen atoms in total. The first-order valence-electron chi connectivity index (χ1n) is 9.85. The average molecular weight is 406 g/mol. The Bertz CT molecular complexity index is 1210. The third-order valence-electron chi connectivity index (χ3n) is 5.41. The maximum absolute atomic E-state index is 13.5. The van der Waals surface area contributed by atoms with Crippen molar-refractivity contribution in [2.45, 2.75) is 38.8 Å². The van der Waals surface area contributed by atoms with E-state index in [4.69, 9.17) is 8.83 Å². The third-order valence-corrected chi connectivity index (χ3v) is 5.41. The monoisotopic (exact) mass is 406 g/mol. The van der Waals surface area contributed by atoms with Crippen molar-refractivity contribution in [3.05, 3.63) is 71.2 Å². The molecule has 1 amide bonds. The molecule has 8 heteroatoms. The summed E-state index contributed by atoms with van der Waals surface area (Å²) in [4.78, 5) is 27.1. The van der Waals surface area contributed by atoms with E-state index >= 15 is 0 Å². The van der Waals surface area contributed by atoms with E-state index in [2.05, 4.69) is 15.0 Å². The second-order valence-corrected chi connectivity index (χ2v) is 8.10. The molecule has 0 bridgehead atoms. The Hall–Kier alpha value is -3.39. The Labute approximate surface area is 172 Å². The molecule has 0 aliphatic carbocycles. The summed E-state index contributed by atoms with van der Waals surface area (Å²) in [7, 11) is 0. The number of aromatic nitrogens is 3. The molecule has 0 radical (unpaired) electrons. The molecule has 0 unspecified atom stereocenters. The highest BCUT2D eigenvalue weighted by Crippen LogP contribution is 2.37. The van der Waals surface area contributed by atoms with Crippen LogP contribution < -0.4 is 0 Å². The summed E-state index contributed by atoms with van der Waals surface area (Å²) in [6, 6.07) is 9.18. The number of hydrogen-bond acceptors (Lipinski definition) is 6. The van der Waals surface area contributed by atoms with Crippen LogP contribution >= 0.6 is 0 Å². The minimum absolute atomic E-state index is 0.112. The van der Waals surface area contributed by atoms with Gasteiger partial charge in [-0.3, -0.25) is 4.79 Å². The largest absolute Gasteiger partial charge is 0.458 e. The molecule has 5 rings (SSSR count). The zero-order valence-corrected chi connectivity index (χ0v) is 17.0. The molecular weight excluding hydrogens is 384 g/mol. The van der Waals surface area contributed by atoms with Crippen LogP contribution in [0.15, 0.2) is 45.5 Å². The standard InChI is InChI=1S/C22H22N4O4/c1-12-19(30-21(25-12)22(2,3)28)20(27)26-9-8-14-17(24-11-23-14)18(26)16-10-13-6-4-5-7-15(13)29-16/h4-7,10-11,18,28H,8-9H2,1-3H3,(H,23,24)/t18-/m1/s1. The zero-order valence-electron chi connectivity index (χ0n) is 17.0.